The number of rotatable bonds is 3. The molecule has 0 radical (unpaired) electrons. The predicted octanol–water partition coefficient (Wildman–Crippen LogP) is -2.52. The quantitative estimate of drug-likeness (QED) is 0.217. The van der Waals surface area contributed by atoms with Crippen LogP contribution >= 0.6 is 7.60 Å². The fraction of sp³-hybridized carbons (Fsp3) is 1.00. The first kappa shape index (κ1) is 12.0. The summed E-state index contributed by atoms with van der Waals surface area (Å²) in [5.41, 5.74) is 9.91. The molecule has 0 amide bonds. The highest BCUT2D eigenvalue weighted by atomic mass is 31.2. The van der Waals surface area contributed by atoms with Gasteiger partial charge in [-0.05, 0) is 6.92 Å². The predicted molar refractivity (Wildman–Crippen MR) is 40.8 cm³/mol. The molecule has 3 atom stereocenters. The summed E-state index contributed by atoms with van der Waals surface area (Å²) in [6.07, 6.45) is -3.60. The molecule has 8 heteroatoms. The van der Waals surface area contributed by atoms with E-state index in [1.807, 2.05) is 0 Å². The summed E-state index contributed by atoms with van der Waals surface area (Å²) in [5, 5.41) is 15.2. The van der Waals surface area contributed by atoms with E-state index in [0.29, 0.717) is 0 Å². The Kier molecular flexibility index (Phi) is 3.39. The number of nitrogens with two attached hydrogens (primary N) is 2. The highest BCUT2D eigenvalue weighted by molar-refractivity contribution is 7.53. The molecule has 0 fully saturated rings. The van der Waals surface area contributed by atoms with Crippen molar-refractivity contribution in [3.8, 4) is 0 Å². The molecule has 0 aromatic carbocycles. The molecule has 3 unspecified atom stereocenters. The second-order valence-corrected chi connectivity index (χ2v) is 4.41. The fourth-order valence-electron chi connectivity index (χ4n) is 0.663. The van der Waals surface area contributed by atoms with Crippen LogP contribution in [0, 0.1) is 0 Å². The van der Waals surface area contributed by atoms with Crippen LogP contribution in [-0.2, 0) is 4.57 Å². The molecule has 74 valence electrons. The second-order valence-electron chi connectivity index (χ2n) is 2.55. The standard InChI is InChI=1S/C4H13N2O5P/c1-2(7)4(6,3(5)8)12(9,10)11/h2-3,7-8H,5-6H2,1H3,(H2,9,10,11). The Morgan fingerprint density at radius 3 is 1.75 bits per heavy atom. The number of aliphatic hydroxyl groups excluding tert-OH is 2. The monoisotopic (exact) mass is 200 g/mol. The molecule has 8 N–H and O–H groups in total. The maximum Gasteiger partial charge on any atom is 0.351 e. The van der Waals surface area contributed by atoms with Crippen molar-refractivity contribution in [2.24, 2.45) is 11.5 Å². The van der Waals surface area contributed by atoms with E-state index in [0.717, 1.165) is 6.92 Å². The maximum absolute atomic E-state index is 10.7. The summed E-state index contributed by atoms with van der Waals surface area (Å²) >= 11 is 0. The van der Waals surface area contributed by atoms with Gasteiger partial charge in [0, 0.05) is 0 Å². The average molecular weight is 200 g/mol. The van der Waals surface area contributed by atoms with E-state index in [-0.39, 0.29) is 0 Å². The normalized spacial score (nSPS) is 22.9. The maximum atomic E-state index is 10.7. The molecule has 12 heavy (non-hydrogen) atoms. The van der Waals surface area contributed by atoms with Gasteiger partial charge in [-0.1, -0.05) is 0 Å². The second kappa shape index (κ2) is 3.39. The third-order valence-corrected chi connectivity index (χ3v) is 3.29. The average Bonchev–Trinajstić information content (AvgIpc) is 1.82. The topological polar surface area (TPSA) is 150 Å². The van der Waals surface area contributed by atoms with Crippen molar-refractivity contribution in [2.45, 2.75) is 24.5 Å². The molecular weight excluding hydrogens is 187 g/mol. The Bertz CT molecular complexity index is 192. The van der Waals surface area contributed by atoms with E-state index < -0.39 is 25.2 Å². The van der Waals surface area contributed by atoms with Crippen molar-refractivity contribution in [1.29, 1.82) is 0 Å². The molecule has 0 heterocycles. The van der Waals surface area contributed by atoms with E-state index in [1.165, 1.54) is 0 Å². The molecule has 0 aromatic rings. The lowest BCUT2D eigenvalue weighted by molar-refractivity contribution is 0.0324. The van der Waals surface area contributed by atoms with Crippen LogP contribution < -0.4 is 11.5 Å². The molecule has 0 aliphatic rings. The zero-order chi connectivity index (χ0) is 10.2. The minimum absolute atomic E-state index is 1.04. The highest BCUT2D eigenvalue weighted by Crippen LogP contribution is 2.49. The van der Waals surface area contributed by atoms with E-state index in [9.17, 15) is 4.57 Å². The molecule has 0 saturated heterocycles. The van der Waals surface area contributed by atoms with E-state index >= 15 is 0 Å². The van der Waals surface area contributed by atoms with Crippen molar-refractivity contribution < 1.29 is 24.6 Å². The van der Waals surface area contributed by atoms with Crippen LogP contribution in [0.4, 0.5) is 0 Å². The fourth-order valence-corrected chi connectivity index (χ4v) is 1.49. The lowest BCUT2D eigenvalue weighted by Gasteiger charge is -2.34. The molecule has 0 spiro atoms. The van der Waals surface area contributed by atoms with Crippen LogP contribution in [0.2, 0.25) is 0 Å². The van der Waals surface area contributed by atoms with Crippen LogP contribution in [-0.4, -0.2) is 37.6 Å². The Morgan fingerprint density at radius 2 is 1.75 bits per heavy atom. The first-order chi connectivity index (χ1) is 5.14. The van der Waals surface area contributed by atoms with Gasteiger partial charge in [0.05, 0.1) is 6.10 Å². The van der Waals surface area contributed by atoms with Gasteiger partial charge in [0.2, 0.25) is 0 Å². The minimum atomic E-state index is -4.85. The number of hydrogen-bond acceptors (Lipinski definition) is 5. The zero-order valence-electron chi connectivity index (χ0n) is 6.45. The molecular formula is C4H13N2O5P. The van der Waals surface area contributed by atoms with Gasteiger partial charge in [-0.25, -0.2) is 0 Å². The molecule has 0 saturated carbocycles. The van der Waals surface area contributed by atoms with Crippen molar-refractivity contribution >= 4 is 7.60 Å². The lowest BCUT2D eigenvalue weighted by Crippen LogP contribution is -2.61. The smallest absolute Gasteiger partial charge is 0.351 e. The first-order valence-corrected chi connectivity index (χ1v) is 4.71. The third-order valence-electron chi connectivity index (χ3n) is 1.65. The number of hydrogen-bond donors (Lipinski definition) is 6. The lowest BCUT2D eigenvalue weighted by atomic mass is 10.1. The van der Waals surface area contributed by atoms with Gasteiger partial charge < -0.3 is 31.5 Å². The van der Waals surface area contributed by atoms with Crippen molar-refractivity contribution in [3.05, 3.63) is 0 Å². The van der Waals surface area contributed by atoms with Crippen molar-refractivity contribution in [1.82, 2.24) is 0 Å². The zero-order valence-corrected chi connectivity index (χ0v) is 7.35. The molecule has 7 nitrogen and oxygen atoms in total. The Balaban J connectivity index is 5.03. The SMILES string of the molecule is CC(O)C(N)(C(N)O)P(=O)(O)O. The van der Waals surface area contributed by atoms with E-state index in [4.69, 9.17) is 31.5 Å². The van der Waals surface area contributed by atoms with Crippen LogP contribution in [0.1, 0.15) is 6.92 Å². The van der Waals surface area contributed by atoms with Crippen LogP contribution in [0.25, 0.3) is 0 Å². The van der Waals surface area contributed by atoms with Gasteiger partial charge in [0.1, 0.15) is 6.23 Å². The molecule has 0 rings (SSSR count). The Labute approximate surface area is 69.2 Å². The summed E-state index contributed by atoms with van der Waals surface area (Å²) in [6.45, 7) is 1.04. The minimum Gasteiger partial charge on any atom is -0.391 e. The van der Waals surface area contributed by atoms with Gasteiger partial charge in [-0.2, -0.15) is 0 Å². The number of aliphatic hydroxyl groups is 2. The van der Waals surface area contributed by atoms with Crippen LogP contribution in [0.5, 0.6) is 0 Å². The first-order valence-electron chi connectivity index (χ1n) is 3.10. The van der Waals surface area contributed by atoms with E-state index in [1.54, 1.807) is 0 Å². The van der Waals surface area contributed by atoms with Crippen LogP contribution in [0.3, 0.4) is 0 Å². The van der Waals surface area contributed by atoms with Gasteiger partial charge in [0.15, 0.2) is 5.28 Å². The molecule has 0 bridgehead atoms. The Morgan fingerprint density at radius 1 is 1.42 bits per heavy atom. The third kappa shape index (κ3) is 1.83. The molecule has 0 aliphatic carbocycles. The van der Waals surface area contributed by atoms with Crippen molar-refractivity contribution in [2.75, 3.05) is 0 Å². The summed E-state index contributed by atoms with van der Waals surface area (Å²) in [5.74, 6) is 0. The summed E-state index contributed by atoms with van der Waals surface area (Å²) in [4.78, 5) is 17.3. The van der Waals surface area contributed by atoms with Crippen molar-refractivity contribution in [3.63, 3.8) is 0 Å². The summed E-state index contributed by atoms with van der Waals surface area (Å²) < 4.78 is 10.7. The molecule has 0 aliphatic heterocycles. The largest absolute Gasteiger partial charge is 0.391 e. The van der Waals surface area contributed by atoms with E-state index in [2.05, 4.69) is 0 Å². The summed E-state index contributed by atoms with van der Waals surface area (Å²) in [6, 6.07) is 0. The highest BCUT2D eigenvalue weighted by Gasteiger charge is 2.52. The van der Waals surface area contributed by atoms with Gasteiger partial charge in [-0.3, -0.25) is 4.57 Å². The Hall–Kier alpha value is -0.0100. The molecule has 0 aromatic heterocycles. The summed E-state index contributed by atoms with van der Waals surface area (Å²) in [7, 11) is -4.85. The van der Waals surface area contributed by atoms with Gasteiger partial charge in [0.25, 0.3) is 0 Å². The van der Waals surface area contributed by atoms with Gasteiger partial charge >= 0.3 is 7.60 Å². The van der Waals surface area contributed by atoms with Crippen LogP contribution in [0.15, 0.2) is 0 Å². The van der Waals surface area contributed by atoms with Gasteiger partial charge in [-0.15, -0.1) is 0 Å².